The molecule has 0 radical (unpaired) electrons. The van der Waals surface area contributed by atoms with Crippen LogP contribution >= 0.6 is 0 Å². The number of hydrogen-bond donors (Lipinski definition) is 2. The molecule has 2 unspecified atom stereocenters. The van der Waals surface area contributed by atoms with Crippen molar-refractivity contribution in [1.29, 1.82) is 0 Å². The normalized spacial score (nSPS) is 14.3. The van der Waals surface area contributed by atoms with Gasteiger partial charge in [0, 0.05) is 12.4 Å². The number of carboxylic acids is 1. The van der Waals surface area contributed by atoms with Crippen LogP contribution in [0.2, 0.25) is 0 Å². The van der Waals surface area contributed by atoms with Gasteiger partial charge in [0.15, 0.2) is 5.54 Å². The van der Waals surface area contributed by atoms with Crippen LogP contribution in [-0.2, 0) is 10.3 Å². The van der Waals surface area contributed by atoms with Crippen LogP contribution in [0.1, 0.15) is 22.9 Å². The van der Waals surface area contributed by atoms with Gasteiger partial charge in [-0.2, -0.15) is 0 Å². The fraction of sp³-hybridized carbons (Fsp3) is 0.0952. The zero-order valence-corrected chi connectivity index (χ0v) is 14.8. The van der Waals surface area contributed by atoms with E-state index in [1.54, 1.807) is 12.3 Å². The van der Waals surface area contributed by atoms with Gasteiger partial charge in [0.25, 0.3) is 0 Å². The van der Waals surface area contributed by atoms with E-state index < -0.39 is 17.4 Å². The Kier molecular flexibility index (Phi) is 4.50. The molecule has 7 heteroatoms. The van der Waals surface area contributed by atoms with Crippen LogP contribution in [0.4, 0.5) is 0 Å². The van der Waals surface area contributed by atoms with Gasteiger partial charge < -0.3 is 10.8 Å². The summed E-state index contributed by atoms with van der Waals surface area (Å²) in [4.78, 5) is 28.9. The minimum atomic E-state index is -1.86. The SMILES string of the molecule is NC(C(=O)O)(c1ccncn1)C(c1ccncn1)c1cccc2ccccc12. The van der Waals surface area contributed by atoms with E-state index in [9.17, 15) is 9.90 Å². The van der Waals surface area contributed by atoms with E-state index in [0.717, 1.165) is 16.3 Å². The molecule has 3 N–H and O–H groups in total. The van der Waals surface area contributed by atoms with E-state index in [2.05, 4.69) is 19.9 Å². The molecule has 28 heavy (non-hydrogen) atoms. The lowest BCUT2D eigenvalue weighted by Gasteiger charge is -2.33. The van der Waals surface area contributed by atoms with Crippen LogP contribution < -0.4 is 5.73 Å². The summed E-state index contributed by atoms with van der Waals surface area (Å²) in [6.45, 7) is 0. The molecule has 0 spiro atoms. The van der Waals surface area contributed by atoms with E-state index in [-0.39, 0.29) is 5.69 Å². The van der Waals surface area contributed by atoms with E-state index in [1.807, 2.05) is 42.5 Å². The molecule has 0 aliphatic rings. The Bertz CT molecular complexity index is 1120. The molecule has 0 amide bonds. The number of carboxylic acid groups (broad SMARTS) is 1. The van der Waals surface area contributed by atoms with Crippen LogP contribution in [0.3, 0.4) is 0 Å². The largest absolute Gasteiger partial charge is 0.480 e. The maximum absolute atomic E-state index is 12.5. The van der Waals surface area contributed by atoms with Gasteiger partial charge in [-0.05, 0) is 28.5 Å². The molecule has 4 rings (SSSR count). The summed E-state index contributed by atoms with van der Waals surface area (Å²) in [6.07, 6.45) is 5.73. The van der Waals surface area contributed by atoms with Crippen molar-refractivity contribution >= 4 is 16.7 Å². The molecule has 2 aromatic carbocycles. The number of nitrogens with zero attached hydrogens (tertiary/aromatic N) is 4. The summed E-state index contributed by atoms with van der Waals surface area (Å²) in [6, 6.07) is 16.7. The highest BCUT2D eigenvalue weighted by atomic mass is 16.4. The van der Waals surface area contributed by atoms with Gasteiger partial charge in [-0.15, -0.1) is 0 Å². The number of aromatic nitrogens is 4. The molecule has 2 aromatic heterocycles. The first-order valence-electron chi connectivity index (χ1n) is 8.64. The lowest BCUT2D eigenvalue weighted by atomic mass is 9.74. The second kappa shape index (κ2) is 7.13. The van der Waals surface area contributed by atoms with Gasteiger partial charge in [-0.25, -0.2) is 24.7 Å². The second-order valence-electron chi connectivity index (χ2n) is 6.40. The Morgan fingerprint density at radius 3 is 2.32 bits per heavy atom. The van der Waals surface area contributed by atoms with Crippen molar-refractivity contribution in [2.45, 2.75) is 11.5 Å². The maximum atomic E-state index is 12.5. The second-order valence-corrected chi connectivity index (χ2v) is 6.40. The molecule has 0 aliphatic carbocycles. The van der Waals surface area contributed by atoms with E-state index >= 15 is 0 Å². The number of fused-ring (bicyclic) bond motifs is 1. The van der Waals surface area contributed by atoms with Crippen molar-refractivity contribution in [3.05, 3.63) is 96.6 Å². The molecule has 2 heterocycles. The summed E-state index contributed by atoms with van der Waals surface area (Å²) in [5, 5.41) is 12.1. The summed E-state index contributed by atoms with van der Waals surface area (Å²) in [5.74, 6) is -2.00. The highest BCUT2D eigenvalue weighted by Crippen LogP contribution is 2.41. The number of nitrogens with two attached hydrogens (primary N) is 1. The maximum Gasteiger partial charge on any atom is 0.331 e. The van der Waals surface area contributed by atoms with Crippen molar-refractivity contribution in [2.24, 2.45) is 5.73 Å². The van der Waals surface area contributed by atoms with Gasteiger partial charge in [0.05, 0.1) is 17.3 Å². The van der Waals surface area contributed by atoms with Crippen LogP contribution in [-0.4, -0.2) is 31.0 Å². The van der Waals surface area contributed by atoms with E-state index in [4.69, 9.17) is 5.73 Å². The Balaban J connectivity index is 2.05. The molecule has 2 atom stereocenters. The van der Waals surface area contributed by atoms with Crippen molar-refractivity contribution in [3.8, 4) is 0 Å². The first-order valence-corrected chi connectivity index (χ1v) is 8.64. The van der Waals surface area contributed by atoms with Crippen LogP contribution in [0.15, 0.2) is 79.6 Å². The molecule has 0 saturated carbocycles. The molecule has 0 saturated heterocycles. The Morgan fingerprint density at radius 2 is 1.64 bits per heavy atom. The summed E-state index contributed by atoms with van der Waals surface area (Å²) in [5.41, 5.74) is 6.20. The van der Waals surface area contributed by atoms with Crippen LogP contribution in [0.25, 0.3) is 10.8 Å². The molecule has 0 fully saturated rings. The topological polar surface area (TPSA) is 115 Å². The third kappa shape index (κ3) is 2.87. The molecule has 7 nitrogen and oxygen atoms in total. The van der Waals surface area contributed by atoms with Gasteiger partial charge in [-0.3, -0.25) is 0 Å². The average molecular weight is 371 g/mol. The van der Waals surface area contributed by atoms with Gasteiger partial charge in [0.2, 0.25) is 0 Å². The minimum Gasteiger partial charge on any atom is -0.480 e. The van der Waals surface area contributed by atoms with Crippen molar-refractivity contribution < 1.29 is 9.90 Å². The smallest absolute Gasteiger partial charge is 0.331 e. The Hall–Kier alpha value is -3.71. The first-order chi connectivity index (χ1) is 13.6. The van der Waals surface area contributed by atoms with Crippen LogP contribution in [0, 0.1) is 0 Å². The molecular weight excluding hydrogens is 354 g/mol. The molecule has 4 aromatic rings. The quantitative estimate of drug-likeness (QED) is 0.554. The highest BCUT2D eigenvalue weighted by Gasteiger charge is 2.48. The van der Waals surface area contributed by atoms with E-state index in [1.165, 1.54) is 24.9 Å². The Morgan fingerprint density at radius 1 is 0.929 bits per heavy atom. The Labute approximate surface area is 160 Å². The third-order valence-corrected chi connectivity index (χ3v) is 4.85. The fourth-order valence-electron chi connectivity index (χ4n) is 3.53. The average Bonchev–Trinajstić information content (AvgIpc) is 2.75. The summed E-state index contributed by atoms with van der Waals surface area (Å²) >= 11 is 0. The predicted molar refractivity (Wildman–Crippen MR) is 103 cm³/mol. The van der Waals surface area contributed by atoms with Gasteiger partial charge >= 0.3 is 5.97 Å². The number of carbonyl (C=O) groups is 1. The number of benzene rings is 2. The monoisotopic (exact) mass is 371 g/mol. The number of aliphatic carboxylic acids is 1. The fourth-order valence-corrected chi connectivity index (χ4v) is 3.53. The number of rotatable bonds is 5. The summed E-state index contributed by atoms with van der Waals surface area (Å²) in [7, 11) is 0. The van der Waals surface area contributed by atoms with Gasteiger partial charge in [-0.1, -0.05) is 42.5 Å². The van der Waals surface area contributed by atoms with Crippen molar-refractivity contribution in [2.75, 3.05) is 0 Å². The lowest BCUT2D eigenvalue weighted by Crippen LogP contribution is -2.51. The van der Waals surface area contributed by atoms with Crippen molar-refractivity contribution in [3.63, 3.8) is 0 Å². The van der Waals surface area contributed by atoms with E-state index in [0.29, 0.717) is 5.69 Å². The standard InChI is InChI=1S/C21H17N5O2/c22-21(20(27)28,18-9-11-24-13-26-18)19(17-8-10-23-12-25-17)16-7-3-5-14-4-1-2-6-15(14)16/h1-13,19H,22H2,(H,27,28). The molecule has 138 valence electrons. The molecule has 0 aliphatic heterocycles. The van der Waals surface area contributed by atoms with Crippen molar-refractivity contribution in [1.82, 2.24) is 19.9 Å². The zero-order chi connectivity index (χ0) is 19.6. The molecule has 0 bridgehead atoms. The minimum absolute atomic E-state index is 0.201. The number of hydrogen-bond acceptors (Lipinski definition) is 6. The zero-order valence-electron chi connectivity index (χ0n) is 14.8. The summed E-state index contributed by atoms with van der Waals surface area (Å²) < 4.78 is 0. The van der Waals surface area contributed by atoms with Gasteiger partial charge in [0.1, 0.15) is 12.7 Å². The predicted octanol–water partition coefficient (Wildman–Crippen LogP) is 2.49. The highest BCUT2D eigenvalue weighted by molar-refractivity contribution is 5.89. The first kappa shape index (κ1) is 17.7. The lowest BCUT2D eigenvalue weighted by molar-refractivity contribution is -0.144. The third-order valence-electron chi connectivity index (χ3n) is 4.85. The molecular formula is C21H17N5O2. The van der Waals surface area contributed by atoms with Crippen LogP contribution in [0.5, 0.6) is 0 Å².